The van der Waals surface area contributed by atoms with Crippen LogP contribution in [0.25, 0.3) is 0 Å². The van der Waals surface area contributed by atoms with E-state index >= 15 is 0 Å². The van der Waals surface area contributed by atoms with Crippen molar-refractivity contribution >= 4 is 17.4 Å². The van der Waals surface area contributed by atoms with E-state index in [0.717, 1.165) is 12.1 Å². The number of carbonyl (C=O) groups is 1. The fourth-order valence-electron chi connectivity index (χ4n) is 1.82. The molecule has 2 rings (SSSR count). The Morgan fingerprint density at radius 1 is 1.17 bits per heavy atom. The number of aromatic nitrogens is 2. The van der Waals surface area contributed by atoms with Crippen molar-refractivity contribution < 1.29 is 18.0 Å². The van der Waals surface area contributed by atoms with E-state index in [9.17, 15) is 18.0 Å². The minimum atomic E-state index is -4.47. The second-order valence-corrected chi connectivity index (χ2v) is 5.61. The molecule has 1 aromatic carbocycles. The zero-order chi connectivity index (χ0) is 17.7. The van der Waals surface area contributed by atoms with E-state index in [4.69, 9.17) is 0 Å². The van der Waals surface area contributed by atoms with Crippen LogP contribution in [0.2, 0.25) is 0 Å². The summed E-state index contributed by atoms with van der Waals surface area (Å²) in [5.74, 6) is 0.326. The Morgan fingerprint density at radius 3 is 2.50 bits per heavy atom. The van der Waals surface area contributed by atoms with Gasteiger partial charge in [-0.1, -0.05) is 19.9 Å². The Labute approximate surface area is 137 Å². The largest absolute Gasteiger partial charge is 0.416 e. The molecular formula is C16H17F3N4O. The molecule has 128 valence electrons. The topological polar surface area (TPSA) is 66.9 Å². The fraction of sp³-hybridized carbons (Fsp3) is 0.312. The van der Waals surface area contributed by atoms with Gasteiger partial charge in [0.05, 0.1) is 5.56 Å². The number of alkyl halides is 3. The molecule has 0 unspecified atom stereocenters. The highest BCUT2D eigenvalue weighted by atomic mass is 19.4. The Morgan fingerprint density at radius 2 is 1.92 bits per heavy atom. The van der Waals surface area contributed by atoms with Gasteiger partial charge in [0, 0.05) is 12.2 Å². The van der Waals surface area contributed by atoms with Crippen LogP contribution in [0, 0.1) is 5.92 Å². The molecule has 0 fully saturated rings. The lowest BCUT2D eigenvalue weighted by Crippen LogP contribution is -2.16. The molecule has 0 bridgehead atoms. The predicted molar refractivity (Wildman–Crippen MR) is 84.8 cm³/mol. The Kier molecular flexibility index (Phi) is 5.38. The van der Waals surface area contributed by atoms with Gasteiger partial charge in [-0.05, 0) is 36.2 Å². The van der Waals surface area contributed by atoms with Crippen LogP contribution in [0.5, 0.6) is 0 Å². The van der Waals surface area contributed by atoms with Gasteiger partial charge >= 0.3 is 6.18 Å². The van der Waals surface area contributed by atoms with Gasteiger partial charge in [-0.25, -0.2) is 0 Å². The third-order valence-electron chi connectivity index (χ3n) is 3.04. The zero-order valence-corrected chi connectivity index (χ0v) is 13.2. The van der Waals surface area contributed by atoms with Crippen molar-refractivity contribution in [3.05, 3.63) is 47.7 Å². The minimum Gasteiger partial charge on any atom is -0.368 e. The Bertz CT molecular complexity index is 699. The molecule has 24 heavy (non-hydrogen) atoms. The zero-order valence-electron chi connectivity index (χ0n) is 13.2. The van der Waals surface area contributed by atoms with Crippen LogP contribution in [0.1, 0.15) is 29.9 Å². The Balaban J connectivity index is 2.05. The summed E-state index contributed by atoms with van der Waals surface area (Å²) >= 11 is 0. The molecule has 1 aromatic heterocycles. The monoisotopic (exact) mass is 338 g/mol. The summed E-state index contributed by atoms with van der Waals surface area (Å²) in [6.07, 6.45) is -4.47. The summed E-state index contributed by atoms with van der Waals surface area (Å²) < 4.78 is 38.0. The van der Waals surface area contributed by atoms with Crippen molar-refractivity contribution in [3.63, 3.8) is 0 Å². The average Bonchev–Trinajstić information content (AvgIpc) is 2.53. The molecule has 8 heteroatoms. The number of amides is 1. The van der Waals surface area contributed by atoms with E-state index < -0.39 is 17.6 Å². The molecule has 1 heterocycles. The first kappa shape index (κ1) is 17.7. The number of hydrogen-bond donors (Lipinski definition) is 2. The molecule has 0 spiro atoms. The highest BCUT2D eigenvalue weighted by molar-refractivity contribution is 6.02. The van der Waals surface area contributed by atoms with Crippen molar-refractivity contribution in [3.8, 4) is 0 Å². The summed E-state index contributed by atoms with van der Waals surface area (Å²) in [5, 5.41) is 13.1. The molecule has 5 nitrogen and oxygen atoms in total. The maximum atomic E-state index is 12.7. The van der Waals surface area contributed by atoms with Crippen molar-refractivity contribution in [1.82, 2.24) is 10.2 Å². The lowest BCUT2D eigenvalue weighted by atomic mass is 10.2. The van der Waals surface area contributed by atoms with Crippen LogP contribution in [0.15, 0.2) is 36.4 Å². The summed E-state index contributed by atoms with van der Waals surface area (Å²) in [6, 6.07) is 7.45. The number of nitrogens with zero attached hydrogens (tertiary/aromatic N) is 2. The quantitative estimate of drug-likeness (QED) is 0.870. The molecule has 0 aliphatic rings. The van der Waals surface area contributed by atoms with E-state index in [2.05, 4.69) is 20.8 Å². The van der Waals surface area contributed by atoms with E-state index in [-0.39, 0.29) is 11.4 Å². The third kappa shape index (κ3) is 4.94. The fourth-order valence-corrected chi connectivity index (χ4v) is 1.82. The lowest BCUT2D eigenvalue weighted by molar-refractivity contribution is -0.137. The number of halogens is 3. The van der Waals surface area contributed by atoms with Gasteiger partial charge in [-0.3, -0.25) is 4.79 Å². The van der Waals surface area contributed by atoms with Gasteiger partial charge in [0.2, 0.25) is 0 Å². The molecule has 0 saturated carbocycles. The molecule has 0 aliphatic carbocycles. The minimum absolute atomic E-state index is 0.0162. The number of benzene rings is 1. The standard InChI is InChI=1S/C16H17F3N4O/c1-10(2)9-20-14-7-6-13(22-23-14)15(24)21-12-5-3-4-11(8-12)16(17,18)19/h3-8,10H,9H2,1-2H3,(H,20,23)(H,21,24). The highest BCUT2D eigenvalue weighted by Gasteiger charge is 2.30. The van der Waals surface area contributed by atoms with Gasteiger partial charge in [-0.2, -0.15) is 13.2 Å². The first-order valence-corrected chi connectivity index (χ1v) is 7.32. The molecule has 0 aliphatic heterocycles. The second kappa shape index (κ2) is 7.29. The number of carbonyl (C=O) groups excluding carboxylic acids is 1. The summed E-state index contributed by atoms with van der Waals surface area (Å²) in [4.78, 5) is 12.0. The maximum Gasteiger partial charge on any atom is 0.416 e. The van der Waals surface area contributed by atoms with Crippen molar-refractivity contribution in [2.24, 2.45) is 5.92 Å². The molecule has 2 N–H and O–H groups in total. The van der Waals surface area contributed by atoms with Crippen molar-refractivity contribution in [1.29, 1.82) is 0 Å². The first-order valence-electron chi connectivity index (χ1n) is 7.32. The number of hydrogen-bond acceptors (Lipinski definition) is 4. The van der Waals surface area contributed by atoms with Crippen LogP contribution in [0.3, 0.4) is 0 Å². The summed E-state index contributed by atoms with van der Waals surface area (Å²) in [5.41, 5.74) is -0.777. The number of anilines is 2. The van der Waals surface area contributed by atoms with E-state index in [1.165, 1.54) is 18.2 Å². The first-order chi connectivity index (χ1) is 11.3. The molecule has 2 aromatic rings. The average molecular weight is 338 g/mol. The molecular weight excluding hydrogens is 321 g/mol. The van der Waals surface area contributed by atoms with Crippen LogP contribution in [-0.4, -0.2) is 22.6 Å². The smallest absolute Gasteiger partial charge is 0.368 e. The molecule has 1 amide bonds. The van der Waals surface area contributed by atoms with Crippen LogP contribution >= 0.6 is 0 Å². The maximum absolute atomic E-state index is 12.7. The summed E-state index contributed by atoms with van der Waals surface area (Å²) in [6.45, 7) is 4.79. The normalized spacial score (nSPS) is 11.4. The van der Waals surface area contributed by atoms with E-state index in [1.807, 2.05) is 13.8 Å². The lowest BCUT2D eigenvalue weighted by Gasteiger charge is -2.10. The third-order valence-corrected chi connectivity index (χ3v) is 3.04. The van der Waals surface area contributed by atoms with Crippen LogP contribution in [0.4, 0.5) is 24.7 Å². The summed E-state index contributed by atoms with van der Waals surface area (Å²) in [7, 11) is 0. The van der Waals surface area contributed by atoms with Gasteiger partial charge < -0.3 is 10.6 Å². The van der Waals surface area contributed by atoms with Gasteiger partial charge in [0.15, 0.2) is 5.69 Å². The second-order valence-electron chi connectivity index (χ2n) is 5.61. The van der Waals surface area contributed by atoms with E-state index in [0.29, 0.717) is 18.3 Å². The van der Waals surface area contributed by atoms with Gasteiger partial charge in [0.1, 0.15) is 5.82 Å². The highest BCUT2D eigenvalue weighted by Crippen LogP contribution is 2.30. The van der Waals surface area contributed by atoms with Crippen LogP contribution in [-0.2, 0) is 6.18 Å². The molecule has 0 atom stereocenters. The molecule has 0 saturated heterocycles. The number of nitrogens with one attached hydrogen (secondary N) is 2. The van der Waals surface area contributed by atoms with Gasteiger partial charge in [-0.15, -0.1) is 10.2 Å². The van der Waals surface area contributed by atoms with Crippen molar-refractivity contribution in [2.75, 3.05) is 17.2 Å². The predicted octanol–water partition coefficient (Wildman–Crippen LogP) is 3.82. The van der Waals surface area contributed by atoms with Crippen LogP contribution < -0.4 is 10.6 Å². The number of rotatable bonds is 5. The van der Waals surface area contributed by atoms with Crippen molar-refractivity contribution in [2.45, 2.75) is 20.0 Å². The van der Waals surface area contributed by atoms with Gasteiger partial charge in [0.25, 0.3) is 5.91 Å². The molecule has 0 radical (unpaired) electrons. The Hall–Kier alpha value is -2.64. The van der Waals surface area contributed by atoms with E-state index in [1.54, 1.807) is 6.07 Å². The SMILES string of the molecule is CC(C)CNc1ccc(C(=O)Nc2cccc(C(F)(F)F)c2)nn1.